The topological polar surface area (TPSA) is 67.8 Å². The van der Waals surface area contributed by atoms with Gasteiger partial charge < -0.3 is 4.74 Å². The number of Topliss-reactive ketones (excluding diaryl/α,β-unsaturated/α-hetero) is 2. The zero-order chi connectivity index (χ0) is 12.8. The van der Waals surface area contributed by atoms with Crippen molar-refractivity contribution in [3.63, 3.8) is 0 Å². The molecule has 0 saturated carbocycles. The predicted molar refractivity (Wildman–Crippen MR) is 65.4 cm³/mol. The molecule has 0 aliphatic heterocycles. The van der Waals surface area contributed by atoms with Crippen LogP contribution in [0.1, 0.15) is 13.8 Å². The van der Waals surface area contributed by atoms with Gasteiger partial charge in [0.25, 0.3) is 0 Å². The van der Waals surface area contributed by atoms with Gasteiger partial charge >= 0.3 is 0 Å². The van der Waals surface area contributed by atoms with E-state index in [0.717, 1.165) is 5.75 Å². The highest BCUT2D eigenvalue weighted by atomic mass is 16.5. The zero-order valence-corrected chi connectivity index (χ0v) is 9.98. The molecule has 0 fully saturated rings. The third-order valence-corrected chi connectivity index (χ3v) is 2.05. The average Bonchev–Trinajstić information content (AvgIpc) is 2.29. The largest absolute Gasteiger partial charge is 0.497 e. The maximum absolute atomic E-state index is 11.1. The molecule has 0 aromatic heterocycles. The van der Waals surface area contributed by atoms with Crippen LogP contribution in [-0.2, 0) is 9.59 Å². The molecular formula is C12H14N2O3. The van der Waals surface area contributed by atoms with Crippen LogP contribution in [0.4, 0.5) is 5.69 Å². The first-order valence-corrected chi connectivity index (χ1v) is 5.04. The summed E-state index contributed by atoms with van der Waals surface area (Å²) in [7, 11) is 1.57. The molecule has 0 unspecified atom stereocenters. The van der Waals surface area contributed by atoms with Gasteiger partial charge in [-0.2, -0.15) is 5.10 Å². The lowest BCUT2D eigenvalue weighted by atomic mass is 10.2. The summed E-state index contributed by atoms with van der Waals surface area (Å²) in [6.45, 7) is 2.60. The van der Waals surface area contributed by atoms with Gasteiger partial charge in [0.05, 0.1) is 12.8 Å². The lowest BCUT2D eigenvalue weighted by molar-refractivity contribution is -0.114. The van der Waals surface area contributed by atoms with E-state index in [1.54, 1.807) is 31.4 Å². The first-order valence-electron chi connectivity index (χ1n) is 5.04. The summed E-state index contributed by atoms with van der Waals surface area (Å²) in [6.07, 6.45) is 0. The second-order valence-corrected chi connectivity index (χ2v) is 3.41. The number of nitrogens with zero attached hydrogens (tertiary/aromatic N) is 1. The Hall–Kier alpha value is -2.17. The minimum Gasteiger partial charge on any atom is -0.497 e. The Bertz CT molecular complexity index is 433. The van der Waals surface area contributed by atoms with Gasteiger partial charge in [-0.25, -0.2) is 0 Å². The Morgan fingerprint density at radius 3 is 2.06 bits per heavy atom. The number of ether oxygens (including phenoxy) is 1. The molecule has 5 heteroatoms. The van der Waals surface area contributed by atoms with E-state index in [-0.39, 0.29) is 17.3 Å². The molecule has 5 nitrogen and oxygen atoms in total. The number of nitrogens with one attached hydrogen (secondary N) is 1. The van der Waals surface area contributed by atoms with Crippen molar-refractivity contribution < 1.29 is 14.3 Å². The van der Waals surface area contributed by atoms with Gasteiger partial charge in [-0.15, -0.1) is 0 Å². The molecule has 0 saturated heterocycles. The zero-order valence-electron chi connectivity index (χ0n) is 9.98. The second kappa shape index (κ2) is 5.79. The van der Waals surface area contributed by atoms with Gasteiger partial charge in [0.15, 0.2) is 17.3 Å². The maximum Gasteiger partial charge on any atom is 0.183 e. The molecule has 1 aromatic rings. The number of carbonyl (C=O) groups is 2. The molecule has 0 bridgehead atoms. The molecule has 0 amide bonds. The van der Waals surface area contributed by atoms with Crippen molar-refractivity contribution in [1.29, 1.82) is 0 Å². The number of ketones is 2. The highest BCUT2D eigenvalue weighted by molar-refractivity contribution is 6.65. The lowest BCUT2D eigenvalue weighted by Gasteiger charge is -2.03. The molecule has 0 atom stereocenters. The molecule has 0 aliphatic carbocycles. The van der Waals surface area contributed by atoms with Gasteiger partial charge in [-0.3, -0.25) is 15.0 Å². The monoisotopic (exact) mass is 234 g/mol. The number of methoxy groups -OCH3 is 1. The molecule has 17 heavy (non-hydrogen) atoms. The Labute approximate surface area is 99.5 Å². The minimum atomic E-state index is -0.362. The van der Waals surface area contributed by atoms with Crippen LogP contribution in [0, 0.1) is 0 Å². The number of anilines is 1. The van der Waals surface area contributed by atoms with Gasteiger partial charge in [0.1, 0.15) is 5.75 Å². The number of hydrogen-bond acceptors (Lipinski definition) is 5. The highest BCUT2D eigenvalue weighted by Gasteiger charge is 2.11. The van der Waals surface area contributed by atoms with Crippen molar-refractivity contribution in [3.05, 3.63) is 24.3 Å². The fourth-order valence-electron chi connectivity index (χ4n) is 1.19. The summed E-state index contributed by atoms with van der Waals surface area (Å²) in [5, 5.41) is 3.78. The molecule has 0 radical (unpaired) electrons. The van der Waals surface area contributed by atoms with E-state index in [0.29, 0.717) is 5.69 Å². The fraction of sp³-hybridized carbons (Fsp3) is 0.250. The van der Waals surface area contributed by atoms with Crippen LogP contribution >= 0.6 is 0 Å². The summed E-state index contributed by atoms with van der Waals surface area (Å²) >= 11 is 0. The summed E-state index contributed by atoms with van der Waals surface area (Å²) in [5.74, 6) is -0.00471. The molecule has 90 valence electrons. The fourth-order valence-corrected chi connectivity index (χ4v) is 1.19. The standard InChI is InChI=1S/C12H14N2O3/c1-8(15)12(9(2)16)14-13-10-4-6-11(17-3)7-5-10/h4-7,13H,1-3H3. The molecule has 1 rings (SSSR count). The predicted octanol–water partition coefficient (Wildman–Crippen LogP) is 1.64. The third-order valence-electron chi connectivity index (χ3n) is 2.05. The van der Waals surface area contributed by atoms with Crippen LogP contribution < -0.4 is 10.2 Å². The Balaban J connectivity index is 2.80. The quantitative estimate of drug-likeness (QED) is 0.477. The van der Waals surface area contributed by atoms with Gasteiger partial charge in [0.2, 0.25) is 0 Å². The molecule has 0 aliphatic rings. The van der Waals surface area contributed by atoms with Gasteiger partial charge in [-0.1, -0.05) is 0 Å². The van der Waals surface area contributed by atoms with Crippen molar-refractivity contribution in [2.75, 3.05) is 12.5 Å². The van der Waals surface area contributed by atoms with E-state index in [1.807, 2.05) is 0 Å². The van der Waals surface area contributed by atoms with Crippen molar-refractivity contribution in [3.8, 4) is 5.75 Å². The van der Waals surface area contributed by atoms with E-state index in [4.69, 9.17) is 4.74 Å². The third kappa shape index (κ3) is 3.71. The summed E-state index contributed by atoms with van der Waals surface area (Å²) in [6, 6.07) is 6.97. The number of carbonyl (C=O) groups excluding carboxylic acids is 2. The van der Waals surface area contributed by atoms with Crippen LogP contribution in [0.15, 0.2) is 29.4 Å². The smallest absolute Gasteiger partial charge is 0.183 e. The number of hydrogen-bond donors (Lipinski definition) is 1. The molecule has 1 aromatic carbocycles. The SMILES string of the molecule is COc1ccc(NN=C(C(C)=O)C(C)=O)cc1. The van der Waals surface area contributed by atoms with E-state index in [9.17, 15) is 9.59 Å². The summed E-state index contributed by atoms with van der Waals surface area (Å²) in [4.78, 5) is 22.2. The first kappa shape index (κ1) is 12.9. The molecular weight excluding hydrogens is 220 g/mol. The Kier molecular flexibility index (Phi) is 4.39. The van der Waals surface area contributed by atoms with Crippen LogP contribution in [0.5, 0.6) is 5.75 Å². The molecule has 1 N–H and O–H groups in total. The van der Waals surface area contributed by atoms with Crippen molar-refractivity contribution in [1.82, 2.24) is 0 Å². The summed E-state index contributed by atoms with van der Waals surface area (Å²) < 4.78 is 5.00. The number of benzene rings is 1. The average molecular weight is 234 g/mol. The van der Waals surface area contributed by atoms with Gasteiger partial charge in [0, 0.05) is 13.8 Å². The highest BCUT2D eigenvalue weighted by Crippen LogP contribution is 2.14. The number of hydrazone groups is 1. The van der Waals surface area contributed by atoms with Crippen LogP contribution in [0.3, 0.4) is 0 Å². The normalized spacial score (nSPS) is 9.35. The summed E-state index contributed by atoms with van der Waals surface area (Å²) in [5.41, 5.74) is 3.23. The maximum atomic E-state index is 11.1. The van der Waals surface area contributed by atoms with Crippen LogP contribution in [0.25, 0.3) is 0 Å². The van der Waals surface area contributed by atoms with Crippen molar-refractivity contribution in [2.45, 2.75) is 13.8 Å². The van der Waals surface area contributed by atoms with Crippen molar-refractivity contribution >= 4 is 23.0 Å². The van der Waals surface area contributed by atoms with Gasteiger partial charge in [-0.05, 0) is 24.3 Å². The lowest BCUT2D eigenvalue weighted by Crippen LogP contribution is -2.20. The minimum absolute atomic E-state index is 0.0965. The van der Waals surface area contributed by atoms with E-state index < -0.39 is 0 Å². The van der Waals surface area contributed by atoms with Crippen LogP contribution in [0.2, 0.25) is 0 Å². The van der Waals surface area contributed by atoms with Crippen molar-refractivity contribution in [2.24, 2.45) is 5.10 Å². The second-order valence-electron chi connectivity index (χ2n) is 3.41. The molecule has 0 heterocycles. The molecule has 0 spiro atoms. The first-order chi connectivity index (χ1) is 8.04. The van der Waals surface area contributed by atoms with E-state index >= 15 is 0 Å². The Morgan fingerprint density at radius 1 is 1.12 bits per heavy atom. The van der Waals surface area contributed by atoms with Crippen LogP contribution in [-0.4, -0.2) is 24.4 Å². The number of rotatable bonds is 5. The van der Waals surface area contributed by atoms with E-state index in [2.05, 4.69) is 10.5 Å². The van der Waals surface area contributed by atoms with E-state index in [1.165, 1.54) is 13.8 Å². The Morgan fingerprint density at radius 2 is 1.65 bits per heavy atom.